The third kappa shape index (κ3) is 22.7. The molecule has 0 fully saturated rings. The highest BCUT2D eigenvalue weighted by Crippen LogP contribution is 1.91. The third-order valence-corrected chi connectivity index (χ3v) is 1.79. The lowest BCUT2D eigenvalue weighted by molar-refractivity contribution is 0.0385. The van der Waals surface area contributed by atoms with Gasteiger partial charge in [0.25, 0.3) is 0 Å². The zero-order valence-corrected chi connectivity index (χ0v) is 10.5. The van der Waals surface area contributed by atoms with E-state index in [-0.39, 0.29) is 0 Å². The molecule has 0 aromatic rings. The third-order valence-electron chi connectivity index (χ3n) is 1.17. The Bertz CT molecular complexity index is 83.4. The maximum Gasteiger partial charge on any atom is 0.0701 e. The van der Waals surface area contributed by atoms with Crippen LogP contribution in [0.15, 0.2) is 0 Å². The van der Waals surface area contributed by atoms with Crippen LogP contribution in [0, 0.1) is 5.92 Å². The van der Waals surface area contributed by atoms with Crippen LogP contribution in [0.2, 0.25) is 0 Å². The minimum Gasteiger partial charge on any atom is -0.382 e. The molecule has 14 heavy (non-hydrogen) atoms. The molecule has 0 unspecified atom stereocenters. The Morgan fingerprint density at radius 3 is 1.50 bits per heavy atom. The number of methoxy groups -OCH3 is 2. The van der Waals surface area contributed by atoms with Crippen LogP contribution in [-0.4, -0.2) is 46.5 Å². The average molecular weight is 227 g/mol. The van der Waals surface area contributed by atoms with E-state index < -0.39 is 0 Å². The lowest BCUT2D eigenvalue weighted by Gasteiger charge is -2.00. The smallest absolute Gasteiger partial charge is 0.0701 e. The Hall–Kier alpha value is 0.170. The van der Waals surface area contributed by atoms with Crippen molar-refractivity contribution >= 4 is 11.6 Å². The second-order valence-electron chi connectivity index (χ2n) is 3.15. The molecule has 0 aliphatic heterocycles. The summed E-state index contributed by atoms with van der Waals surface area (Å²) in [6.07, 6.45) is 0. The molecule has 0 spiro atoms. The van der Waals surface area contributed by atoms with Gasteiger partial charge in [0.1, 0.15) is 0 Å². The Morgan fingerprint density at radius 1 is 0.929 bits per heavy atom. The fourth-order valence-electron chi connectivity index (χ4n) is 0.387. The Morgan fingerprint density at radius 2 is 1.29 bits per heavy atom. The minimum absolute atomic E-state index is 0.650. The first-order valence-corrected chi connectivity index (χ1v) is 5.34. The first-order chi connectivity index (χ1) is 6.68. The standard InChI is InChI=1S/C6H14O3.C4H9Cl/c1-7-3-5-9-6-4-8-2;1-4(2)3-5/h3-6H2,1-2H3;4H,3H2,1-2H3. The van der Waals surface area contributed by atoms with Crippen molar-refractivity contribution in [2.75, 3.05) is 46.5 Å². The molecule has 0 amide bonds. The van der Waals surface area contributed by atoms with Gasteiger partial charge in [-0.3, -0.25) is 0 Å². The normalized spacial score (nSPS) is 9.86. The van der Waals surface area contributed by atoms with Crippen LogP contribution in [0.4, 0.5) is 0 Å². The van der Waals surface area contributed by atoms with E-state index in [1.807, 2.05) is 0 Å². The molecule has 0 aromatic carbocycles. The molecule has 0 aliphatic carbocycles. The van der Waals surface area contributed by atoms with Crippen molar-refractivity contribution < 1.29 is 14.2 Å². The fourth-order valence-corrected chi connectivity index (χ4v) is 0.387. The van der Waals surface area contributed by atoms with Gasteiger partial charge in [0.15, 0.2) is 0 Å². The zero-order chi connectivity index (χ0) is 11.2. The van der Waals surface area contributed by atoms with Crippen LogP contribution < -0.4 is 0 Å². The maximum absolute atomic E-state index is 5.34. The van der Waals surface area contributed by atoms with Gasteiger partial charge >= 0.3 is 0 Å². The summed E-state index contributed by atoms with van der Waals surface area (Å²) in [7, 11) is 3.30. The first-order valence-electron chi connectivity index (χ1n) is 4.80. The predicted molar refractivity (Wildman–Crippen MR) is 60.1 cm³/mol. The largest absolute Gasteiger partial charge is 0.382 e. The van der Waals surface area contributed by atoms with Gasteiger partial charge in [-0.1, -0.05) is 13.8 Å². The highest BCUT2D eigenvalue weighted by Gasteiger charge is 1.84. The Kier molecular flexibility index (Phi) is 18.5. The highest BCUT2D eigenvalue weighted by atomic mass is 35.5. The summed E-state index contributed by atoms with van der Waals surface area (Å²) in [6.45, 7) is 6.80. The number of rotatable bonds is 7. The second-order valence-corrected chi connectivity index (χ2v) is 3.45. The van der Waals surface area contributed by atoms with Crippen molar-refractivity contribution in [3.8, 4) is 0 Å². The molecule has 88 valence electrons. The van der Waals surface area contributed by atoms with Gasteiger partial charge in [0.2, 0.25) is 0 Å². The second kappa shape index (κ2) is 15.6. The molecule has 0 heterocycles. The van der Waals surface area contributed by atoms with Crippen molar-refractivity contribution in [1.29, 1.82) is 0 Å². The van der Waals surface area contributed by atoms with Gasteiger partial charge in [-0.2, -0.15) is 0 Å². The first kappa shape index (κ1) is 16.6. The zero-order valence-electron chi connectivity index (χ0n) is 9.72. The molecule has 0 N–H and O–H groups in total. The molecule has 0 aliphatic rings. The van der Waals surface area contributed by atoms with E-state index >= 15 is 0 Å². The number of ether oxygens (including phenoxy) is 3. The number of halogens is 1. The quantitative estimate of drug-likeness (QED) is 0.492. The molecule has 4 heteroatoms. The molecule has 0 bridgehead atoms. The summed E-state index contributed by atoms with van der Waals surface area (Å²) in [6, 6.07) is 0. The Labute approximate surface area is 92.7 Å². The van der Waals surface area contributed by atoms with Crippen molar-refractivity contribution in [1.82, 2.24) is 0 Å². The lowest BCUT2D eigenvalue weighted by Crippen LogP contribution is -2.06. The van der Waals surface area contributed by atoms with Crippen molar-refractivity contribution in [2.45, 2.75) is 13.8 Å². The average Bonchev–Trinajstić information content (AvgIpc) is 2.19. The van der Waals surface area contributed by atoms with E-state index in [1.54, 1.807) is 14.2 Å². The van der Waals surface area contributed by atoms with E-state index in [0.717, 1.165) is 5.88 Å². The molecule has 0 rings (SSSR count). The Balaban J connectivity index is 0. The highest BCUT2D eigenvalue weighted by molar-refractivity contribution is 6.17. The van der Waals surface area contributed by atoms with Gasteiger partial charge in [-0.05, 0) is 5.92 Å². The van der Waals surface area contributed by atoms with Crippen molar-refractivity contribution in [2.24, 2.45) is 5.92 Å². The summed E-state index contributed by atoms with van der Waals surface area (Å²) in [5.41, 5.74) is 0. The molecule has 0 saturated heterocycles. The molecule has 0 atom stereocenters. The summed E-state index contributed by atoms with van der Waals surface area (Å²) < 4.78 is 14.6. The predicted octanol–water partition coefficient (Wildman–Crippen LogP) is 2.18. The maximum atomic E-state index is 5.34. The minimum atomic E-state index is 0.650. The van der Waals surface area contributed by atoms with Gasteiger partial charge in [0.05, 0.1) is 26.4 Å². The van der Waals surface area contributed by atoms with Gasteiger partial charge < -0.3 is 14.2 Å². The van der Waals surface area contributed by atoms with Gasteiger partial charge in [-0.15, -0.1) is 11.6 Å². The summed E-state index contributed by atoms with van der Waals surface area (Å²) in [5.74, 6) is 1.43. The SMILES string of the molecule is CC(C)CCl.COCCOCCOC. The topological polar surface area (TPSA) is 27.7 Å². The van der Waals surface area contributed by atoms with Crippen LogP contribution in [0.5, 0.6) is 0 Å². The van der Waals surface area contributed by atoms with Crippen LogP contribution in [0.1, 0.15) is 13.8 Å². The van der Waals surface area contributed by atoms with Crippen LogP contribution >= 0.6 is 11.6 Å². The van der Waals surface area contributed by atoms with Crippen LogP contribution in [-0.2, 0) is 14.2 Å². The monoisotopic (exact) mass is 226 g/mol. The number of alkyl halides is 1. The van der Waals surface area contributed by atoms with Gasteiger partial charge in [-0.25, -0.2) is 0 Å². The molecule has 0 radical (unpaired) electrons. The number of hydrogen-bond donors (Lipinski definition) is 0. The number of hydrogen-bond acceptors (Lipinski definition) is 3. The molecular formula is C10H23ClO3. The summed E-state index contributed by atoms with van der Waals surface area (Å²) in [4.78, 5) is 0. The van der Waals surface area contributed by atoms with E-state index in [1.165, 1.54) is 0 Å². The molecule has 0 saturated carbocycles. The molecule has 3 nitrogen and oxygen atoms in total. The van der Waals surface area contributed by atoms with Crippen molar-refractivity contribution in [3.05, 3.63) is 0 Å². The van der Waals surface area contributed by atoms with E-state index in [4.69, 9.17) is 25.8 Å². The molecule has 0 aromatic heterocycles. The van der Waals surface area contributed by atoms with Gasteiger partial charge in [0, 0.05) is 20.1 Å². The van der Waals surface area contributed by atoms with E-state index in [2.05, 4.69) is 13.8 Å². The van der Waals surface area contributed by atoms with E-state index in [9.17, 15) is 0 Å². The lowest BCUT2D eigenvalue weighted by atomic mass is 10.3. The van der Waals surface area contributed by atoms with Crippen LogP contribution in [0.25, 0.3) is 0 Å². The van der Waals surface area contributed by atoms with Crippen molar-refractivity contribution in [3.63, 3.8) is 0 Å². The van der Waals surface area contributed by atoms with Crippen LogP contribution in [0.3, 0.4) is 0 Å². The summed E-state index contributed by atoms with van der Waals surface area (Å²) in [5, 5.41) is 0. The van der Waals surface area contributed by atoms with E-state index in [0.29, 0.717) is 32.3 Å². The fraction of sp³-hybridized carbons (Fsp3) is 1.00. The summed E-state index contributed by atoms with van der Waals surface area (Å²) >= 11 is 5.34. The molecular weight excluding hydrogens is 204 g/mol.